The fourth-order valence-corrected chi connectivity index (χ4v) is 5.84. The monoisotopic (exact) mass is 574 g/mol. The molecular weight excluding hydrogens is 539 g/mol. The molecule has 1 aromatic carbocycles. The first kappa shape index (κ1) is 28.2. The molecule has 10 nitrogen and oxygen atoms in total. The van der Waals surface area contributed by atoms with Crippen LogP contribution in [0, 0.1) is 5.82 Å². The normalized spacial score (nSPS) is 21.9. The second-order valence-corrected chi connectivity index (χ2v) is 12.1. The van der Waals surface area contributed by atoms with Gasteiger partial charge in [0.2, 0.25) is 0 Å². The molecule has 5 rings (SSSR count). The number of benzene rings is 1. The van der Waals surface area contributed by atoms with Crippen molar-refractivity contribution in [3.8, 4) is 17.0 Å². The van der Waals surface area contributed by atoms with E-state index in [2.05, 4.69) is 11.8 Å². The van der Waals surface area contributed by atoms with Crippen LogP contribution in [-0.4, -0.2) is 102 Å². The van der Waals surface area contributed by atoms with Crippen molar-refractivity contribution in [3.63, 3.8) is 0 Å². The van der Waals surface area contributed by atoms with E-state index in [1.165, 1.54) is 12.1 Å². The molecule has 3 aliphatic heterocycles. The van der Waals surface area contributed by atoms with Crippen LogP contribution in [0.1, 0.15) is 38.1 Å². The van der Waals surface area contributed by atoms with Crippen molar-refractivity contribution in [1.82, 2.24) is 19.7 Å². The molecule has 0 saturated carbocycles. The molecule has 1 aromatic heterocycles. The first-order valence-electron chi connectivity index (χ1n) is 13.5. The van der Waals surface area contributed by atoms with Crippen LogP contribution < -0.4 is 15.4 Å². The van der Waals surface area contributed by atoms with Crippen LogP contribution in [0.4, 0.5) is 20.7 Å². The minimum absolute atomic E-state index is 0.0122. The summed E-state index contributed by atoms with van der Waals surface area (Å²) >= 11 is 6.87. The van der Waals surface area contributed by atoms with Gasteiger partial charge in [-0.2, -0.15) is 0 Å². The third kappa shape index (κ3) is 5.24. The summed E-state index contributed by atoms with van der Waals surface area (Å²) in [6.45, 7) is 10.5. The van der Waals surface area contributed by atoms with Gasteiger partial charge in [-0.05, 0) is 46.9 Å². The highest BCUT2D eigenvalue weighted by Crippen LogP contribution is 2.45. The van der Waals surface area contributed by atoms with Gasteiger partial charge in [0.05, 0.1) is 11.6 Å². The molecule has 0 bridgehead atoms. The molecule has 216 valence electrons. The maximum atomic E-state index is 15.1. The van der Waals surface area contributed by atoms with Crippen molar-refractivity contribution >= 4 is 35.1 Å². The zero-order chi connectivity index (χ0) is 28.9. The number of fused-ring (bicyclic) bond motifs is 2. The summed E-state index contributed by atoms with van der Waals surface area (Å²) in [4.78, 5) is 39.4. The molecule has 4 heterocycles. The molecular formula is C28H36ClFN6O4. The zero-order valence-corrected chi connectivity index (χ0v) is 24.3. The summed E-state index contributed by atoms with van der Waals surface area (Å²) in [5.74, 6) is -0.321. The van der Waals surface area contributed by atoms with Gasteiger partial charge in [0, 0.05) is 51.0 Å². The number of carbonyl (C=O) groups is 2. The quantitative estimate of drug-likeness (QED) is 0.541. The number of pyridine rings is 1. The Balaban J connectivity index is 1.59. The molecule has 2 amide bonds. The number of nitrogens with zero attached hydrogens (tertiary/aromatic N) is 5. The van der Waals surface area contributed by atoms with Crippen LogP contribution in [-0.2, 0) is 4.74 Å². The number of nitrogen functional groups attached to an aromatic ring is 1. The van der Waals surface area contributed by atoms with Crippen molar-refractivity contribution in [2.24, 2.45) is 0 Å². The topological polar surface area (TPSA) is 104 Å². The molecule has 2 atom stereocenters. The van der Waals surface area contributed by atoms with Gasteiger partial charge in [-0.15, -0.1) is 0 Å². The summed E-state index contributed by atoms with van der Waals surface area (Å²) < 4.78 is 26.9. The molecule has 2 saturated heterocycles. The van der Waals surface area contributed by atoms with E-state index in [1.807, 2.05) is 32.7 Å². The van der Waals surface area contributed by atoms with Crippen LogP contribution in [0.5, 0.6) is 5.75 Å². The number of nitrogens with two attached hydrogens (primary N) is 1. The van der Waals surface area contributed by atoms with E-state index in [1.54, 1.807) is 15.9 Å². The summed E-state index contributed by atoms with van der Waals surface area (Å²) in [6, 6.07) is 3.97. The number of carbonyl (C=O) groups excluding carboxylic acids is 2. The lowest BCUT2D eigenvalue weighted by molar-refractivity contribution is 0.000952. The molecule has 0 radical (unpaired) electrons. The smallest absolute Gasteiger partial charge is 0.410 e. The minimum atomic E-state index is -0.640. The highest BCUT2D eigenvalue weighted by molar-refractivity contribution is 6.35. The van der Waals surface area contributed by atoms with Gasteiger partial charge in [-0.1, -0.05) is 17.7 Å². The van der Waals surface area contributed by atoms with Gasteiger partial charge >= 0.3 is 6.09 Å². The van der Waals surface area contributed by atoms with E-state index < -0.39 is 23.6 Å². The lowest BCUT2D eigenvalue weighted by atomic mass is 10.0. The summed E-state index contributed by atoms with van der Waals surface area (Å²) in [5, 5.41) is 0.0227. The summed E-state index contributed by atoms with van der Waals surface area (Å²) in [5.41, 5.74) is 6.16. The van der Waals surface area contributed by atoms with E-state index in [4.69, 9.17) is 31.8 Å². The maximum Gasteiger partial charge on any atom is 0.410 e. The second kappa shape index (κ2) is 10.6. The van der Waals surface area contributed by atoms with Gasteiger partial charge in [-0.3, -0.25) is 4.79 Å². The molecule has 2 fully saturated rings. The number of likely N-dealkylation sites (N-methyl/N-ethyl adjacent to an activating group) is 1. The van der Waals surface area contributed by atoms with E-state index >= 15 is 4.39 Å². The van der Waals surface area contributed by atoms with Gasteiger partial charge in [0.15, 0.2) is 5.75 Å². The van der Waals surface area contributed by atoms with E-state index in [0.717, 1.165) is 13.1 Å². The molecule has 12 heteroatoms. The molecule has 3 aliphatic rings. The van der Waals surface area contributed by atoms with E-state index in [0.29, 0.717) is 25.5 Å². The number of anilines is 2. The average molecular weight is 575 g/mol. The number of amides is 2. The molecule has 2 aromatic rings. The maximum absolute atomic E-state index is 15.1. The molecule has 40 heavy (non-hydrogen) atoms. The van der Waals surface area contributed by atoms with Crippen LogP contribution in [0.2, 0.25) is 5.02 Å². The number of aromatic nitrogens is 1. The SMILES string of the molecule is C[C@H]1CN(C)CCN1c1nc(-c2c(N)cccc2F)c(Cl)c2c1C(=O)N1CCN(C(=O)OC(C)(C)C)C[C@@H]1CO2. The van der Waals surface area contributed by atoms with E-state index in [-0.39, 0.29) is 58.4 Å². The fourth-order valence-electron chi connectivity index (χ4n) is 5.56. The number of piperazine rings is 2. The Morgan fingerprint density at radius 1 is 1.15 bits per heavy atom. The van der Waals surface area contributed by atoms with Crippen LogP contribution in [0.25, 0.3) is 11.3 Å². The Morgan fingerprint density at radius 3 is 2.55 bits per heavy atom. The number of hydrogen-bond donors (Lipinski definition) is 1. The number of ether oxygens (including phenoxy) is 2. The van der Waals surface area contributed by atoms with Crippen molar-refractivity contribution in [3.05, 3.63) is 34.6 Å². The van der Waals surface area contributed by atoms with Crippen molar-refractivity contribution in [2.75, 3.05) is 63.6 Å². The number of hydrogen-bond acceptors (Lipinski definition) is 8. The van der Waals surface area contributed by atoms with Crippen LogP contribution >= 0.6 is 11.6 Å². The zero-order valence-electron chi connectivity index (χ0n) is 23.5. The second-order valence-electron chi connectivity index (χ2n) is 11.7. The van der Waals surface area contributed by atoms with Crippen LogP contribution in [0.15, 0.2) is 18.2 Å². The Kier molecular flexibility index (Phi) is 7.47. The number of rotatable bonds is 2. The first-order valence-corrected chi connectivity index (χ1v) is 13.9. The van der Waals surface area contributed by atoms with Gasteiger partial charge < -0.3 is 34.8 Å². The Hall–Kier alpha value is -3.31. The van der Waals surface area contributed by atoms with Crippen molar-refractivity contribution < 1.29 is 23.5 Å². The van der Waals surface area contributed by atoms with Gasteiger partial charge in [0.1, 0.15) is 40.1 Å². The lowest BCUT2D eigenvalue weighted by Crippen LogP contribution is -2.58. The third-order valence-electron chi connectivity index (χ3n) is 7.49. The van der Waals surface area contributed by atoms with Gasteiger partial charge in [-0.25, -0.2) is 14.2 Å². The van der Waals surface area contributed by atoms with E-state index in [9.17, 15) is 9.59 Å². The molecule has 0 spiro atoms. The first-order chi connectivity index (χ1) is 18.9. The van der Waals surface area contributed by atoms with Crippen molar-refractivity contribution in [1.29, 1.82) is 0 Å². The predicted molar refractivity (Wildman–Crippen MR) is 151 cm³/mol. The summed E-state index contributed by atoms with van der Waals surface area (Å²) in [6.07, 6.45) is -0.440. The van der Waals surface area contributed by atoms with Gasteiger partial charge in [0.25, 0.3) is 5.91 Å². The highest BCUT2D eigenvalue weighted by atomic mass is 35.5. The Bertz CT molecular complexity index is 1310. The summed E-state index contributed by atoms with van der Waals surface area (Å²) in [7, 11) is 2.04. The molecule has 0 unspecified atom stereocenters. The molecule has 2 N–H and O–H groups in total. The Morgan fingerprint density at radius 2 is 1.88 bits per heavy atom. The third-order valence-corrected chi connectivity index (χ3v) is 7.84. The predicted octanol–water partition coefficient (Wildman–Crippen LogP) is 3.72. The standard InChI is InChI=1S/C28H36ClFN6O4/c1-16-13-33(5)9-11-35(16)25-21-24(22(29)23(32-25)20-18(30)7-6-8-19(20)31)39-15-17-14-34(10-12-36(17)26(21)37)27(38)40-28(2,3)4/h6-8,16-17H,9-15,31H2,1-5H3/t16-,17+/m0/s1. The molecule has 0 aliphatic carbocycles. The number of halogens is 2. The Labute approximate surface area is 238 Å². The van der Waals surface area contributed by atoms with Crippen molar-refractivity contribution in [2.45, 2.75) is 45.4 Å². The highest BCUT2D eigenvalue weighted by Gasteiger charge is 2.42. The fraction of sp³-hybridized carbons (Fsp3) is 0.536. The largest absolute Gasteiger partial charge is 0.489 e. The average Bonchev–Trinajstić information content (AvgIpc) is 3.01. The lowest BCUT2D eigenvalue weighted by Gasteiger charge is -2.41. The van der Waals surface area contributed by atoms with Crippen LogP contribution in [0.3, 0.4) is 0 Å². The minimum Gasteiger partial charge on any atom is -0.489 e.